The van der Waals surface area contributed by atoms with Crippen molar-refractivity contribution in [3.8, 4) is 0 Å². The second-order valence-corrected chi connectivity index (χ2v) is 5.42. The lowest BCUT2D eigenvalue weighted by Gasteiger charge is -2.16. The van der Waals surface area contributed by atoms with Crippen LogP contribution in [-0.4, -0.2) is 0 Å². The second kappa shape index (κ2) is 6.41. The van der Waals surface area contributed by atoms with Crippen molar-refractivity contribution >= 4 is 15.9 Å². The van der Waals surface area contributed by atoms with Gasteiger partial charge in [0, 0.05) is 34.3 Å². The van der Waals surface area contributed by atoms with E-state index >= 15 is 0 Å². The van der Waals surface area contributed by atoms with Gasteiger partial charge in [-0.1, -0.05) is 22.0 Å². The fourth-order valence-corrected chi connectivity index (χ4v) is 2.26. The van der Waals surface area contributed by atoms with Crippen LogP contribution in [0, 0.1) is 17.5 Å². The lowest BCUT2D eigenvalue weighted by atomic mass is 10.1. The van der Waals surface area contributed by atoms with Gasteiger partial charge in [-0.3, -0.25) is 0 Å². The second-order valence-electron chi connectivity index (χ2n) is 4.50. The normalized spacial score (nSPS) is 12.4. The molecule has 0 fully saturated rings. The summed E-state index contributed by atoms with van der Waals surface area (Å²) < 4.78 is 40.7. The first-order valence-corrected chi connectivity index (χ1v) is 6.89. The van der Waals surface area contributed by atoms with Crippen molar-refractivity contribution in [2.45, 2.75) is 19.5 Å². The van der Waals surface area contributed by atoms with Crippen LogP contribution in [0.25, 0.3) is 0 Å². The van der Waals surface area contributed by atoms with Crippen LogP contribution < -0.4 is 5.32 Å². The molecule has 0 bridgehead atoms. The summed E-state index contributed by atoms with van der Waals surface area (Å²) in [5.74, 6) is -1.55. The average molecular weight is 344 g/mol. The van der Waals surface area contributed by atoms with Gasteiger partial charge < -0.3 is 5.32 Å². The van der Waals surface area contributed by atoms with Gasteiger partial charge in [0.1, 0.15) is 17.5 Å². The van der Waals surface area contributed by atoms with Crippen molar-refractivity contribution in [1.82, 2.24) is 5.32 Å². The molecular weight excluding hydrogens is 331 g/mol. The Morgan fingerprint density at radius 2 is 1.80 bits per heavy atom. The van der Waals surface area contributed by atoms with E-state index in [9.17, 15) is 13.2 Å². The lowest BCUT2D eigenvalue weighted by molar-refractivity contribution is 0.511. The molecule has 1 nitrogen and oxygen atoms in total. The predicted molar refractivity (Wildman–Crippen MR) is 75.7 cm³/mol. The Labute approximate surface area is 123 Å². The molecule has 0 saturated carbocycles. The van der Waals surface area contributed by atoms with Gasteiger partial charge in [0.2, 0.25) is 0 Å². The van der Waals surface area contributed by atoms with E-state index in [0.29, 0.717) is 11.1 Å². The largest absolute Gasteiger partial charge is 0.306 e. The number of nitrogens with one attached hydrogen (secondary N) is 1. The summed E-state index contributed by atoms with van der Waals surface area (Å²) >= 11 is 3.28. The molecule has 0 heterocycles. The van der Waals surface area contributed by atoms with Gasteiger partial charge in [0.25, 0.3) is 0 Å². The molecule has 0 amide bonds. The summed E-state index contributed by atoms with van der Waals surface area (Å²) in [4.78, 5) is 0. The summed E-state index contributed by atoms with van der Waals surface area (Å²) in [6.45, 7) is 1.98. The molecule has 1 N–H and O–H groups in total. The molecule has 0 spiro atoms. The Morgan fingerprint density at radius 3 is 2.50 bits per heavy atom. The van der Waals surface area contributed by atoms with Crippen molar-refractivity contribution in [2.24, 2.45) is 0 Å². The smallest absolute Gasteiger partial charge is 0.130 e. The molecule has 0 saturated heterocycles. The molecule has 20 heavy (non-hydrogen) atoms. The number of rotatable bonds is 4. The maximum Gasteiger partial charge on any atom is 0.130 e. The zero-order valence-corrected chi connectivity index (χ0v) is 12.3. The molecule has 1 unspecified atom stereocenters. The molecule has 2 rings (SSSR count). The van der Waals surface area contributed by atoms with Crippen LogP contribution in [0.15, 0.2) is 40.9 Å². The van der Waals surface area contributed by atoms with Gasteiger partial charge in [-0.25, -0.2) is 13.2 Å². The summed E-state index contributed by atoms with van der Waals surface area (Å²) in [7, 11) is 0. The van der Waals surface area contributed by atoms with E-state index in [1.54, 1.807) is 19.1 Å². The molecule has 2 aromatic carbocycles. The number of hydrogen-bond acceptors (Lipinski definition) is 1. The summed E-state index contributed by atoms with van der Waals surface area (Å²) in [5, 5.41) is 3.02. The minimum Gasteiger partial charge on any atom is -0.306 e. The van der Waals surface area contributed by atoms with E-state index in [0.717, 1.165) is 10.5 Å². The standard InChI is InChI=1S/C15H13BrF3N/c1-9(13-6-11(16)3-5-14(13)18)20-8-10-2-4-12(17)7-15(10)19/h2-7,9,20H,8H2,1H3. The van der Waals surface area contributed by atoms with E-state index in [4.69, 9.17) is 0 Å². The van der Waals surface area contributed by atoms with Crippen molar-refractivity contribution in [3.05, 3.63) is 69.4 Å². The Morgan fingerprint density at radius 1 is 1.05 bits per heavy atom. The highest BCUT2D eigenvalue weighted by Gasteiger charge is 2.12. The maximum absolute atomic E-state index is 13.7. The predicted octanol–water partition coefficient (Wildman–Crippen LogP) is 4.72. The zero-order chi connectivity index (χ0) is 14.7. The van der Waals surface area contributed by atoms with E-state index in [-0.39, 0.29) is 18.4 Å². The third-order valence-electron chi connectivity index (χ3n) is 3.04. The van der Waals surface area contributed by atoms with Crippen molar-refractivity contribution < 1.29 is 13.2 Å². The van der Waals surface area contributed by atoms with Crippen molar-refractivity contribution in [3.63, 3.8) is 0 Å². The minimum absolute atomic E-state index is 0.194. The van der Waals surface area contributed by atoms with Crippen LogP contribution in [0.4, 0.5) is 13.2 Å². The van der Waals surface area contributed by atoms with Gasteiger partial charge >= 0.3 is 0 Å². The quantitative estimate of drug-likeness (QED) is 0.847. The molecule has 0 aliphatic rings. The zero-order valence-electron chi connectivity index (χ0n) is 10.8. The van der Waals surface area contributed by atoms with Crippen LogP contribution in [0.1, 0.15) is 24.1 Å². The Kier molecular flexibility index (Phi) is 4.83. The van der Waals surface area contributed by atoms with Gasteiger partial charge in [-0.2, -0.15) is 0 Å². The Hall–Kier alpha value is -1.33. The molecule has 0 aliphatic heterocycles. The van der Waals surface area contributed by atoms with Gasteiger partial charge in [-0.05, 0) is 31.2 Å². The Balaban J connectivity index is 2.08. The molecule has 2 aromatic rings. The first-order valence-electron chi connectivity index (χ1n) is 6.09. The fraction of sp³-hybridized carbons (Fsp3) is 0.200. The molecule has 0 radical (unpaired) electrons. The highest BCUT2D eigenvalue weighted by molar-refractivity contribution is 9.10. The highest BCUT2D eigenvalue weighted by Crippen LogP contribution is 2.22. The van der Waals surface area contributed by atoms with E-state index in [1.807, 2.05) is 0 Å². The average Bonchev–Trinajstić information content (AvgIpc) is 2.40. The first kappa shape index (κ1) is 15.1. The van der Waals surface area contributed by atoms with Crippen LogP contribution in [-0.2, 0) is 6.54 Å². The van der Waals surface area contributed by atoms with Crippen molar-refractivity contribution in [1.29, 1.82) is 0 Å². The summed E-state index contributed by atoms with van der Waals surface area (Å²) in [6.07, 6.45) is 0. The minimum atomic E-state index is -0.614. The van der Waals surface area contributed by atoms with E-state index in [1.165, 1.54) is 18.2 Å². The number of benzene rings is 2. The Bertz CT molecular complexity index is 616. The highest BCUT2D eigenvalue weighted by atomic mass is 79.9. The lowest BCUT2D eigenvalue weighted by Crippen LogP contribution is -2.19. The third-order valence-corrected chi connectivity index (χ3v) is 3.53. The molecule has 106 valence electrons. The molecule has 0 aromatic heterocycles. The van der Waals surface area contributed by atoms with Gasteiger partial charge in [0.05, 0.1) is 0 Å². The van der Waals surface area contributed by atoms with Crippen LogP contribution >= 0.6 is 15.9 Å². The third kappa shape index (κ3) is 3.61. The van der Waals surface area contributed by atoms with Crippen LogP contribution in [0.5, 0.6) is 0 Å². The number of halogens is 4. The molecule has 1 atom stereocenters. The number of hydrogen-bond donors (Lipinski definition) is 1. The van der Waals surface area contributed by atoms with Crippen molar-refractivity contribution in [2.75, 3.05) is 0 Å². The first-order chi connectivity index (χ1) is 9.47. The fourth-order valence-electron chi connectivity index (χ4n) is 1.88. The maximum atomic E-state index is 13.7. The molecule has 5 heteroatoms. The van der Waals surface area contributed by atoms with E-state index < -0.39 is 11.6 Å². The SMILES string of the molecule is CC(NCc1ccc(F)cc1F)c1cc(Br)ccc1F. The monoisotopic (exact) mass is 343 g/mol. The van der Waals surface area contributed by atoms with Gasteiger partial charge in [-0.15, -0.1) is 0 Å². The van der Waals surface area contributed by atoms with Crippen LogP contribution in [0.2, 0.25) is 0 Å². The topological polar surface area (TPSA) is 12.0 Å². The summed E-state index contributed by atoms with van der Waals surface area (Å²) in [5.41, 5.74) is 0.829. The molecular formula is C15H13BrF3N. The molecule has 0 aliphatic carbocycles. The van der Waals surface area contributed by atoms with Crippen LogP contribution in [0.3, 0.4) is 0 Å². The van der Waals surface area contributed by atoms with E-state index in [2.05, 4.69) is 21.2 Å². The summed E-state index contributed by atoms with van der Waals surface area (Å²) in [6, 6.07) is 7.78. The van der Waals surface area contributed by atoms with Gasteiger partial charge in [0.15, 0.2) is 0 Å².